The van der Waals surface area contributed by atoms with Crippen molar-refractivity contribution in [2.24, 2.45) is 0 Å². The highest BCUT2D eigenvalue weighted by Gasteiger charge is 2.24. The zero-order valence-corrected chi connectivity index (χ0v) is 12.2. The van der Waals surface area contributed by atoms with Crippen molar-refractivity contribution >= 4 is 21.4 Å². The molecular weight excluding hydrogens is 309 g/mol. The van der Waals surface area contributed by atoms with Gasteiger partial charge in [-0.05, 0) is 24.3 Å². The zero-order chi connectivity index (χ0) is 16.3. The summed E-state index contributed by atoms with van der Waals surface area (Å²) in [5, 5.41) is 11.3. The predicted octanol–water partition coefficient (Wildman–Crippen LogP) is 1.75. The van der Waals surface area contributed by atoms with Crippen LogP contribution < -0.4 is 5.32 Å². The summed E-state index contributed by atoms with van der Waals surface area (Å²) in [4.78, 5) is 15.3. The molecule has 0 aliphatic rings. The van der Waals surface area contributed by atoms with Crippen molar-refractivity contribution in [2.45, 2.75) is 4.90 Å². The van der Waals surface area contributed by atoms with E-state index in [-0.39, 0.29) is 5.56 Å². The standard InChI is InChI=1S/C14H10FN3O3S/c1-22(20,21)13-11(5-9(7-16)6-12(13)15)14(19)18-10-3-2-4-17-8-10/h2-6,8H,1H3,(H,18,19). The summed E-state index contributed by atoms with van der Waals surface area (Å²) in [7, 11) is -3.99. The fourth-order valence-corrected chi connectivity index (χ4v) is 2.80. The number of nitrogens with one attached hydrogen (secondary N) is 1. The molecule has 0 radical (unpaired) electrons. The van der Waals surface area contributed by atoms with Crippen LogP contribution >= 0.6 is 0 Å². The van der Waals surface area contributed by atoms with Gasteiger partial charge in [-0.2, -0.15) is 5.26 Å². The van der Waals surface area contributed by atoms with Crippen LogP contribution in [0.2, 0.25) is 0 Å². The second-order valence-corrected chi connectivity index (χ2v) is 6.37. The Kier molecular flexibility index (Phi) is 4.19. The molecule has 1 N–H and O–H groups in total. The summed E-state index contributed by atoms with van der Waals surface area (Å²) in [6.07, 6.45) is 3.63. The van der Waals surface area contributed by atoms with Crippen LogP contribution in [0.4, 0.5) is 10.1 Å². The highest BCUT2D eigenvalue weighted by atomic mass is 32.2. The summed E-state index contributed by atoms with van der Waals surface area (Å²) in [5.74, 6) is -1.98. The van der Waals surface area contributed by atoms with Crippen LogP contribution in [0.15, 0.2) is 41.6 Å². The van der Waals surface area contributed by atoms with E-state index < -0.39 is 32.0 Å². The average molecular weight is 319 g/mol. The molecule has 22 heavy (non-hydrogen) atoms. The molecule has 2 aromatic rings. The SMILES string of the molecule is CS(=O)(=O)c1c(F)cc(C#N)cc1C(=O)Nc1cccnc1. The number of benzene rings is 1. The third-order valence-electron chi connectivity index (χ3n) is 2.71. The molecule has 0 saturated carbocycles. The number of anilines is 1. The first-order valence-corrected chi connectivity index (χ1v) is 7.87. The molecule has 8 heteroatoms. The van der Waals surface area contributed by atoms with E-state index in [0.29, 0.717) is 5.69 Å². The molecule has 2 rings (SSSR count). The van der Waals surface area contributed by atoms with Gasteiger partial charge in [0.1, 0.15) is 10.7 Å². The number of nitriles is 1. The van der Waals surface area contributed by atoms with Crippen molar-refractivity contribution in [1.29, 1.82) is 5.26 Å². The third-order valence-corrected chi connectivity index (χ3v) is 3.86. The van der Waals surface area contributed by atoms with Gasteiger partial charge in [0.15, 0.2) is 9.84 Å². The van der Waals surface area contributed by atoms with Crippen molar-refractivity contribution in [2.75, 3.05) is 11.6 Å². The number of amides is 1. The molecule has 1 aromatic carbocycles. The fourth-order valence-electron chi connectivity index (χ4n) is 1.84. The van der Waals surface area contributed by atoms with E-state index in [2.05, 4.69) is 10.3 Å². The van der Waals surface area contributed by atoms with Crippen LogP contribution in [0, 0.1) is 17.1 Å². The first kappa shape index (κ1) is 15.6. The number of aromatic nitrogens is 1. The molecule has 1 heterocycles. The van der Waals surface area contributed by atoms with Gasteiger partial charge in [-0.25, -0.2) is 12.8 Å². The smallest absolute Gasteiger partial charge is 0.257 e. The lowest BCUT2D eigenvalue weighted by molar-refractivity contribution is 0.102. The Balaban J connectivity index is 2.56. The van der Waals surface area contributed by atoms with Crippen molar-refractivity contribution in [1.82, 2.24) is 4.98 Å². The van der Waals surface area contributed by atoms with E-state index in [1.807, 2.05) is 0 Å². The van der Waals surface area contributed by atoms with Crippen LogP contribution in [-0.4, -0.2) is 25.6 Å². The summed E-state index contributed by atoms with van der Waals surface area (Å²) in [6.45, 7) is 0. The fraction of sp³-hybridized carbons (Fsp3) is 0.0714. The molecule has 1 amide bonds. The molecule has 0 saturated heterocycles. The lowest BCUT2D eigenvalue weighted by Gasteiger charge is -2.10. The maximum atomic E-state index is 14.0. The van der Waals surface area contributed by atoms with Gasteiger partial charge in [-0.15, -0.1) is 0 Å². The van der Waals surface area contributed by atoms with E-state index in [1.165, 1.54) is 18.5 Å². The van der Waals surface area contributed by atoms with Crippen molar-refractivity contribution < 1.29 is 17.6 Å². The topological polar surface area (TPSA) is 99.9 Å². The number of carbonyl (C=O) groups is 1. The number of halogens is 1. The number of hydrogen-bond acceptors (Lipinski definition) is 5. The van der Waals surface area contributed by atoms with Gasteiger partial charge in [0.25, 0.3) is 5.91 Å². The Bertz CT molecular complexity index is 874. The first-order valence-electron chi connectivity index (χ1n) is 5.98. The van der Waals surface area contributed by atoms with Crippen LogP contribution in [0.1, 0.15) is 15.9 Å². The van der Waals surface area contributed by atoms with Gasteiger partial charge < -0.3 is 5.32 Å². The number of rotatable bonds is 3. The normalized spacial score (nSPS) is 10.8. The Morgan fingerprint density at radius 1 is 1.41 bits per heavy atom. The van der Waals surface area contributed by atoms with Crippen LogP contribution in [0.25, 0.3) is 0 Å². The minimum atomic E-state index is -3.99. The minimum absolute atomic E-state index is 0.152. The maximum absolute atomic E-state index is 14.0. The van der Waals surface area contributed by atoms with E-state index >= 15 is 0 Å². The van der Waals surface area contributed by atoms with Gasteiger partial charge in [-0.1, -0.05) is 0 Å². The van der Waals surface area contributed by atoms with Gasteiger partial charge in [0, 0.05) is 12.5 Å². The monoisotopic (exact) mass is 319 g/mol. The van der Waals surface area contributed by atoms with Gasteiger partial charge in [-0.3, -0.25) is 9.78 Å². The molecular formula is C14H10FN3O3S. The number of hydrogen-bond donors (Lipinski definition) is 1. The molecule has 112 valence electrons. The largest absolute Gasteiger partial charge is 0.321 e. The van der Waals surface area contributed by atoms with Crippen molar-refractivity contribution in [3.05, 3.63) is 53.6 Å². The van der Waals surface area contributed by atoms with Crippen LogP contribution in [0.5, 0.6) is 0 Å². The third kappa shape index (κ3) is 3.27. The number of sulfone groups is 1. The Morgan fingerprint density at radius 2 is 2.14 bits per heavy atom. The second-order valence-electron chi connectivity index (χ2n) is 4.41. The maximum Gasteiger partial charge on any atom is 0.257 e. The number of pyridine rings is 1. The van der Waals surface area contributed by atoms with E-state index in [9.17, 15) is 17.6 Å². The second kappa shape index (κ2) is 5.91. The highest BCUT2D eigenvalue weighted by molar-refractivity contribution is 7.90. The number of carbonyl (C=O) groups excluding carboxylic acids is 1. The molecule has 0 aliphatic carbocycles. The predicted molar refractivity (Wildman–Crippen MR) is 76.4 cm³/mol. The van der Waals surface area contributed by atoms with Crippen LogP contribution in [-0.2, 0) is 9.84 Å². The highest BCUT2D eigenvalue weighted by Crippen LogP contribution is 2.23. The number of nitrogens with zero attached hydrogens (tertiary/aromatic N) is 2. The molecule has 0 aliphatic heterocycles. The molecule has 0 atom stereocenters. The molecule has 6 nitrogen and oxygen atoms in total. The van der Waals surface area contributed by atoms with E-state index in [0.717, 1.165) is 18.4 Å². The Hall–Kier alpha value is -2.79. The summed E-state index contributed by atoms with van der Waals surface area (Å²) in [6, 6.07) is 6.59. The summed E-state index contributed by atoms with van der Waals surface area (Å²) < 4.78 is 37.4. The first-order chi connectivity index (χ1) is 10.3. The van der Waals surface area contributed by atoms with Crippen LogP contribution in [0.3, 0.4) is 0 Å². The van der Waals surface area contributed by atoms with Crippen molar-refractivity contribution in [3.8, 4) is 6.07 Å². The van der Waals surface area contributed by atoms with Gasteiger partial charge >= 0.3 is 0 Å². The minimum Gasteiger partial charge on any atom is -0.321 e. The molecule has 0 spiro atoms. The van der Waals surface area contributed by atoms with E-state index in [1.54, 1.807) is 12.1 Å². The van der Waals surface area contributed by atoms with E-state index in [4.69, 9.17) is 5.26 Å². The average Bonchev–Trinajstić information content (AvgIpc) is 2.46. The summed E-state index contributed by atoms with van der Waals surface area (Å²) >= 11 is 0. The lowest BCUT2D eigenvalue weighted by atomic mass is 10.1. The molecule has 0 unspecified atom stereocenters. The molecule has 0 fully saturated rings. The van der Waals surface area contributed by atoms with Gasteiger partial charge in [0.05, 0.1) is 29.1 Å². The summed E-state index contributed by atoms with van der Waals surface area (Å²) in [5.41, 5.74) is -0.265. The molecule has 1 aromatic heterocycles. The quantitative estimate of drug-likeness (QED) is 0.929. The zero-order valence-electron chi connectivity index (χ0n) is 11.4. The van der Waals surface area contributed by atoms with Gasteiger partial charge in [0.2, 0.25) is 0 Å². The van der Waals surface area contributed by atoms with Crippen molar-refractivity contribution in [3.63, 3.8) is 0 Å². The molecule has 0 bridgehead atoms. The Labute approximate surface area is 126 Å². The lowest BCUT2D eigenvalue weighted by Crippen LogP contribution is -2.18. The Morgan fingerprint density at radius 3 is 2.68 bits per heavy atom.